The van der Waals surface area contributed by atoms with Gasteiger partial charge in [0.05, 0.1) is 0 Å². The van der Waals surface area contributed by atoms with Crippen molar-refractivity contribution < 1.29 is 9.90 Å². The molecule has 0 radical (unpaired) electrons. The van der Waals surface area contributed by atoms with E-state index in [9.17, 15) is 4.79 Å². The molecule has 0 aliphatic heterocycles. The number of aliphatic carboxylic acids is 1. The Balaban J connectivity index is 2.02. The topological polar surface area (TPSA) is 79.1 Å². The summed E-state index contributed by atoms with van der Waals surface area (Å²) in [6.07, 6.45) is 2.15. The molecule has 1 heterocycles. The van der Waals surface area contributed by atoms with E-state index in [-0.39, 0.29) is 0 Å². The van der Waals surface area contributed by atoms with Crippen LogP contribution in [-0.2, 0) is 11.2 Å². The van der Waals surface area contributed by atoms with Crippen molar-refractivity contribution >= 4 is 16.9 Å². The average Bonchev–Trinajstić information content (AvgIpc) is 2.90. The third-order valence-electron chi connectivity index (χ3n) is 3.63. The molecule has 1 atom stereocenters. The number of rotatable bonds is 4. The number of carbonyl (C=O) groups is 1. The molecule has 0 unspecified atom stereocenters. The summed E-state index contributed by atoms with van der Waals surface area (Å²) in [7, 11) is 0. The van der Waals surface area contributed by atoms with Crippen molar-refractivity contribution in [3.05, 3.63) is 60.3 Å². The molecular weight excluding hydrogens is 264 g/mol. The number of aromatic nitrogens is 1. The minimum absolute atomic E-state index is 0.313. The maximum Gasteiger partial charge on any atom is 0.320 e. The maximum absolute atomic E-state index is 10.9. The summed E-state index contributed by atoms with van der Waals surface area (Å²) in [5.41, 5.74) is 9.79. The molecule has 0 saturated carbocycles. The number of aromatic amines is 1. The maximum atomic E-state index is 10.9. The number of carboxylic acid groups (broad SMARTS) is 1. The molecular formula is C17H16N2O2. The van der Waals surface area contributed by atoms with Gasteiger partial charge in [0.25, 0.3) is 0 Å². The molecule has 0 bridgehead atoms. The Labute approximate surface area is 122 Å². The van der Waals surface area contributed by atoms with Crippen molar-refractivity contribution in [2.24, 2.45) is 5.73 Å². The first kappa shape index (κ1) is 13.4. The van der Waals surface area contributed by atoms with E-state index in [4.69, 9.17) is 10.8 Å². The van der Waals surface area contributed by atoms with Crippen molar-refractivity contribution in [3.8, 4) is 11.1 Å². The summed E-state index contributed by atoms with van der Waals surface area (Å²) >= 11 is 0. The zero-order valence-corrected chi connectivity index (χ0v) is 11.4. The van der Waals surface area contributed by atoms with Crippen LogP contribution in [0.1, 0.15) is 5.56 Å². The standard InChI is InChI=1S/C17H16N2O2/c18-15(17(20)21)9-13-10-19-16-7-6-12(8-14(13)16)11-4-2-1-3-5-11/h1-8,10,15,19H,9,18H2,(H,20,21)/t15-/m0/s1. The SMILES string of the molecule is N[C@@H](Cc1c[nH]c2ccc(-c3ccccc3)cc12)C(=O)O. The highest BCUT2D eigenvalue weighted by atomic mass is 16.4. The zero-order valence-electron chi connectivity index (χ0n) is 11.4. The van der Waals surface area contributed by atoms with Gasteiger partial charge in [0.2, 0.25) is 0 Å². The van der Waals surface area contributed by atoms with Gasteiger partial charge in [0.1, 0.15) is 6.04 Å². The Bertz CT molecular complexity index is 778. The predicted molar refractivity (Wildman–Crippen MR) is 83.0 cm³/mol. The Morgan fingerprint density at radius 2 is 1.90 bits per heavy atom. The van der Waals surface area contributed by atoms with E-state index < -0.39 is 12.0 Å². The van der Waals surface area contributed by atoms with E-state index >= 15 is 0 Å². The lowest BCUT2D eigenvalue weighted by atomic mass is 10.0. The molecule has 0 fully saturated rings. The third kappa shape index (κ3) is 2.66. The van der Waals surface area contributed by atoms with Gasteiger partial charge in [-0.05, 0) is 28.8 Å². The van der Waals surface area contributed by atoms with E-state index in [1.807, 2.05) is 30.5 Å². The first-order valence-electron chi connectivity index (χ1n) is 6.79. The van der Waals surface area contributed by atoms with E-state index in [0.717, 1.165) is 27.6 Å². The van der Waals surface area contributed by atoms with Gasteiger partial charge in [-0.3, -0.25) is 4.79 Å². The summed E-state index contributed by atoms with van der Waals surface area (Å²) in [4.78, 5) is 14.1. The number of benzene rings is 2. The van der Waals surface area contributed by atoms with Crippen LogP contribution in [0.2, 0.25) is 0 Å². The fourth-order valence-corrected chi connectivity index (χ4v) is 2.48. The molecule has 0 saturated heterocycles. The Morgan fingerprint density at radius 3 is 2.62 bits per heavy atom. The van der Waals surface area contributed by atoms with Crippen LogP contribution in [-0.4, -0.2) is 22.1 Å². The molecule has 3 rings (SSSR count). The van der Waals surface area contributed by atoms with E-state index in [0.29, 0.717) is 6.42 Å². The highest BCUT2D eigenvalue weighted by Crippen LogP contribution is 2.26. The normalized spacial score (nSPS) is 12.4. The average molecular weight is 280 g/mol. The van der Waals surface area contributed by atoms with Gasteiger partial charge >= 0.3 is 5.97 Å². The smallest absolute Gasteiger partial charge is 0.320 e. The van der Waals surface area contributed by atoms with Crippen LogP contribution in [0.3, 0.4) is 0 Å². The highest BCUT2D eigenvalue weighted by molar-refractivity contribution is 5.88. The summed E-state index contributed by atoms with van der Waals surface area (Å²) < 4.78 is 0. The second kappa shape index (κ2) is 5.42. The lowest BCUT2D eigenvalue weighted by Crippen LogP contribution is -2.32. The fraction of sp³-hybridized carbons (Fsp3) is 0.118. The molecule has 4 heteroatoms. The number of fused-ring (bicyclic) bond motifs is 1. The molecule has 3 aromatic rings. The molecule has 1 aromatic heterocycles. The van der Waals surface area contributed by atoms with Crippen molar-refractivity contribution in [1.82, 2.24) is 4.98 Å². The molecule has 4 nitrogen and oxygen atoms in total. The Morgan fingerprint density at radius 1 is 1.14 bits per heavy atom. The van der Waals surface area contributed by atoms with Gasteiger partial charge in [-0.2, -0.15) is 0 Å². The number of nitrogens with one attached hydrogen (secondary N) is 1. The number of hydrogen-bond donors (Lipinski definition) is 3. The molecule has 106 valence electrons. The lowest BCUT2D eigenvalue weighted by Gasteiger charge is -2.06. The van der Waals surface area contributed by atoms with Crippen LogP contribution >= 0.6 is 0 Å². The van der Waals surface area contributed by atoms with E-state index in [1.54, 1.807) is 0 Å². The molecule has 21 heavy (non-hydrogen) atoms. The molecule has 4 N–H and O–H groups in total. The predicted octanol–water partition coefficient (Wildman–Crippen LogP) is 2.79. The van der Waals surface area contributed by atoms with Crippen molar-refractivity contribution in [2.45, 2.75) is 12.5 Å². The second-order valence-corrected chi connectivity index (χ2v) is 5.09. The quantitative estimate of drug-likeness (QED) is 0.687. The van der Waals surface area contributed by atoms with Gasteiger partial charge in [0.15, 0.2) is 0 Å². The Kier molecular flexibility index (Phi) is 3.46. The van der Waals surface area contributed by atoms with Crippen molar-refractivity contribution in [1.29, 1.82) is 0 Å². The van der Waals surface area contributed by atoms with Crippen LogP contribution in [0.15, 0.2) is 54.7 Å². The van der Waals surface area contributed by atoms with Crippen molar-refractivity contribution in [3.63, 3.8) is 0 Å². The Hall–Kier alpha value is -2.59. The largest absolute Gasteiger partial charge is 0.480 e. The minimum atomic E-state index is -0.983. The summed E-state index contributed by atoms with van der Waals surface area (Å²) in [6, 6.07) is 15.3. The number of nitrogens with two attached hydrogens (primary N) is 1. The second-order valence-electron chi connectivity index (χ2n) is 5.09. The number of hydrogen-bond acceptors (Lipinski definition) is 2. The number of H-pyrrole nitrogens is 1. The zero-order chi connectivity index (χ0) is 14.8. The molecule has 0 aliphatic rings. The molecule has 0 spiro atoms. The van der Waals surface area contributed by atoms with Crippen LogP contribution in [0.5, 0.6) is 0 Å². The monoisotopic (exact) mass is 280 g/mol. The fourth-order valence-electron chi connectivity index (χ4n) is 2.48. The number of carboxylic acids is 1. The first-order valence-corrected chi connectivity index (χ1v) is 6.79. The van der Waals surface area contributed by atoms with Crippen LogP contribution < -0.4 is 5.73 Å². The minimum Gasteiger partial charge on any atom is -0.480 e. The van der Waals surface area contributed by atoms with E-state index in [2.05, 4.69) is 29.2 Å². The van der Waals surface area contributed by atoms with Gasteiger partial charge in [-0.1, -0.05) is 36.4 Å². The van der Waals surface area contributed by atoms with Gasteiger partial charge < -0.3 is 15.8 Å². The van der Waals surface area contributed by atoms with Crippen molar-refractivity contribution in [2.75, 3.05) is 0 Å². The highest BCUT2D eigenvalue weighted by Gasteiger charge is 2.15. The lowest BCUT2D eigenvalue weighted by molar-refractivity contribution is -0.138. The van der Waals surface area contributed by atoms with Gasteiger partial charge in [0, 0.05) is 23.5 Å². The van der Waals surface area contributed by atoms with Crippen LogP contribution in [0.25, 0.3) is 22.0 Å². The summed E-state index contributed by atoms with van der Waals surface area (Å²) in [5.74, 6) is -0.983. The molecule has 2 aromatic carbocycles. The first-order chi connectivity index (χ1) is 10.1. The third-order valence-corrected chi connectivity index (χ3v) is 3.63. The van der Waals surface area contributed by atoms with Crippen LogP contribution in [0.4, 0.5) is 0 Å². The van der Waals surface area contributed by atoms with Gasteiger partial charge in [-0.25, -0.2) is 0 Å². The van der Waals surface area contributed by atoms with Gasteiger partial charge in [-0.15, -0.1) is 0 Å². The molecule has 0 amide bonds. The molecule has 0 aliphatic carbocycles. The summed E-state index contributed by atoms with van der Waals surface area (Å²) in [5, 5.41) is 9.97. The van der Waals surface area contributed by atoms with Crippen LogP contribution in [0, 0.1) is 0 Å². The summed E-state index contributed by atoms with van der Waals surface area (Å²) in [6.45, 7) is 0. The van der Waals surface area contributed by atoms with E-state index in [1.165, 1.54) is 0 Å².